The van der Waals surface area contributed by atoms with E-state index in [1.54, 1.807) is 0 Å². The average Bonchev–Trinajstić information content (AvgIpc) is 2.90. The van der Waals surface area contributed by atoms with Crippen LogP contribution in [0.25, 0.3) is 5.69 Å². The second-order valence-electron chi connectivity index (χ2n) is 7.61. The zero-order valence-corrected chi connectivity index (χ0v) is 12.6. The van der Waals surface area contributed by atoms with Crippen LogP contribution in [-0.2, 0) is 5.54 Å². The van der Waals surface area contributed by atoms with E-state index in [4.69, 9.17) is 0 Å². The van der Waals surface area contributed by atoms with E-state index in [2.05, 4.69) is 10.3 Å². The van der Waals surface area contributed by atoms with Crippen LogP contribution in [0.2, 0.25) is 0 Å². The predicted molar refractivity (Wildman–Crippen MR) is 80.5 cm³/mol. The third-order valence-electron chi connectivity index (χ3n) is 6.03. The van der Waals surface area contributed by atoms with Gasteiger partial charge < -0.3 is 0 Å². The summed E-state index contributed by atoms with van der Waals surface area (Å²) in [5.74, 6) is 2.51. The summed E-state index contributed by atoms with van der Waals surface area (Å²) in [5, 5.41) is 7.65. The Morgan fingerprint density at radius 1 is 1.05 bits per heavy atom. The van der Waals surface area contributed by atoms with Gasteiger partial charge in [0, 0.05) is 0 Å². The molecule has 5 nitrogen and oxygen atoms in total. The molecule has 4 fully saturated rings. The topological polar surface area (TPSA) is 54.6 Å². The normalized spacial score (nSPS) is 35.9. The molecule has 1 aromatic heterocycles. The van der Waals surface area contributed by atoms with Crippen molar-refractivity contribution in [2.45, 2.75) is 44.1 Å². The van der Waals surface area contributed by atoms with Crippen LogP contribution >= 0.6 is 0 Å². The Morgan fingerprint density at radius 3 is 2.23 bits per heavy atom. The largest absolute Gasteiger partial charge is 0.471 e. The summed E-state index contributed by atoms with van der Waals surface area (Å²) in [6.07, 6.45) is 7.73. The zero-order valence-electron chi connectivity index (χ0n) is 12.6. The van der Waals surface area contributed by atoms with Crippen LogP contribution in [0.1, 0.15) is 38.5 Å². The van der Waals surface area contributed by atoms with E-state index in [-0.39, 0.29) is 11.2 Å². The first-order valence-corrected chi connectivity index (χ1v) is 8.39. The standard InChI is InChI=1S/C17H20N4O/c22-16-18-21(19-20(16)15-4-2-1-3-5-15)17-9-12-6-13(10-17)8-14(7-12)11-17/h1-5,12-14H,6-11H2/p+1. The maximum Gasteiger partial charge on any atom is 0.471 e. The van der Waals surface area contributed by atoms with Crippen molar-refractivity contribution in [2.24, 2.45) is 17.8 Å². The molecule has 4 bridgehead atoms. The fourth-order valence-corrected chi connectivity index (χ4v) is 5.57. The van der Waals surface area contributed by atoms with Crippen molar-refractivity contribution >= 4 is 0 Å². The van der Waals surface area contributed by atoms with Gasteiger partial charge in [0.1, 0.15) is 5.21 Å². The first-order valence-electron chi connectivity index (χ1n) is 8.39. The smallest absolute Gasteiger partial charge is 0.214 e. The number of tetrazole rings is 1. The van der Waals surface area contributed by atoms with E-state index in [1.165, 1.54) is 43.2 Å². The molecule has 0 saturated heterocycles. The maximum absolute atomic E-state index is 12.4. The molecule has 1 N–H and O–H groups in total. The highest BCUT2D eigenvalue weighted by atomic mass is 16.2. The third kappa shape index (κ3) is 1.74. The van der Waals surface area contributed by atoms with Gasteiger partial charge in [-0.1, -0.05) is 23.0 Å². The molecule has 2 aromatic rings. The van der Waals surface area contributed by atoms with Crippen LogP contribution in [-0.4, -0.2) is 15.0 Å². The Hall–Kier alpha value is -1.91. The van der Waals surface area contributed by atoms with E-state index >= 15 is 0 Å². The van der Waals surface area contributed by atoms with Gasteiger partial charge in [-0.15, -0.1) is 5.10 Å². The minimum atomic E-state index is -0.137. The molecule has 0 atom stereocenters. The maximum atomic E-state index is 12.4. The molecule has 0 aliphatic heterocycles. The molecule has 4 saturated carbocycles. The molecular formula is C17H21N4O+. The molecule has 1 aromatic carbocycles. The highest BCUT2D eigenvalue weighted by Gasteiger charge is 2.56. The minimum Gasteiger partial charge on any atom is -0.214 e. The predicted octanol–water partition coefficient (Wildman–Crippen LogP) is 1.77. The van der Waals surface area contributed by atoms with Gasteiger partial charge in [0.25, 0.3) is 0 Å². The van der Waals surface area contributed by atoms with Crippen LogP contribution in [0.4, 0.5) is 0 Å². The lowest BCUT2D eigenvalue weighted by atomic mass is 9.53. The van der Waals surface area contributed by atoms with Crippen molar-refractivity contribution in [1.29, 1.82) is 0 Å². The molecule has 114 valence electrons. The minimum absolute atomic E-state index is 0.0634. The van der Waals surface area contributed by atoms with Gasteiger partial charge in [0.05, 0.1) is 0 Å². The van der Waals surface area contributed by atoms with Gasteiger partial charge in [0.15, 0.2) is 11.2 Å². The summed E-state index contributed by atoms with van der Waals surface area (Å²) in [6, 6.07) is 9.67. The van der Waals surface area contributed by atoms with Gasteiger partial charge >= 0.3 is 5.69 Å². The van der Waals surface area contributed by atoms with Crippen LogP contribution in [0, 0.1) is 17.8 Å². The number of nitrogens with zero attached hydrogens (tertiary/aromatic N) is 3. The zero-order chi connectivity index (χ0) is 14.7. The van der Waals surface area contributed by atoms with Crippen LogP contribution in [0.3, 0.4) is 0 Å². The lowest BCUT2D eigenvalue weighted by molar-refractivity contribution is -0.871. The summed E-state index contributed by atoms with van der Waals surface area (Å²) in [6.45, 7) is 0. The number of para-hydroxylation sites is 1. The second kappa shape index (κ2) is 4.31. The Morgan fingerprint density at radius 2 is 1.64 bits per heavy atom. The lowest BCUT2D eigenvalue weighted by Gasteiger charge is -2.53. The second-order valence-corrected chi connectivity index (χ2v) is 7.61. The highest BCUT2D eigenvalue weighted by molar-refractivity contribution is 5.28. The Balaban J connectivity index is 1.58. The molecule has 6 rings (SSSR count). The van der Waals surface area contributed by atoms with Crippen molar-refractivity contribution in [1.82, 2.24) is 15.0 Å². The van der Waals surface area contributed by atoms with Crippen molar-refractivity contribution in [3.05, 3.63) is 40.8 Å². The molecule has 0 amide bonds. The van der Waals surface area contributed by atoms with Gasteiger partial charge in [-0.3, -0.25) is 0 Å². The Kier molecular flexibility index (Phi) is 2.47. The van der Waals surface area contributed by atoms with E-state index in [0.717, 1.165) is 23.4 Å². The summed E-state index contributed by atoms with van der Waals surface area (Å²) in [7, 11) is 0. The number of H-pyrrole nitrogens is 1. The molecule has 4 aliphatic rings. The quantitative estimate of drug-likeness (QED) is 0.859. The fraction of sp³-hybridized carbons (Fsp3) is 0.588. The lowest BCUT2D eigenvalue weighted by Crippen LogP contribution is -2.67. The first kappa shape index (κ1) is 12.6. The summed E-state index contributed by atoms with van der Waals surface area (Å²) in [4.78, 5) is 14.3. The van der Waals surface area contributed by atoms with E-state index in [9.17, 15) is 4.79 Å². The number of aromatic nitrogens is 4. The van der Waals surface area contributed by atoms with E-state index in [1.807, 2.05) is 35.1 Å². The molecule has 22 heavy (non-hydrogen) atoms. The third-order valence-corrected chi connectivity index (χ3v) is 6.03. The van der Waals surface area contributed by atoms with Crippen molar-refractivity contribution in [3.8, 4) is 5.69 Å². The molecule has 0 unspecified atom stereocenters. The summed E-state index contributed by atoms with van der Waals surface area (Å²) in [5.41, 5.74) is 0.752. The van der Waals surface area contributed by atoms with E-state index < -0.39 is 0 Å². The van der Waals surface area contributed by atoms with E-state index in [0.29, 0.717) is 0 Å². The molecule has 1 heterocycles. The first-order chi connectivity index (χ1) is 10.7. The van der Waals surface area contributed by atoms with Crippen molar-refractivity contribution in [3.63, 3.8) is 0 Å². The molecule has 5 heteroatoms. The molecule has 0 radical (unpaired) electrons. The monoisotopic (exact) mass is 297 g/mol. The number of nitrogens with one attached hydrogen (secondary N) is 1. The van der Waals surface area contributed by atoms with Gasteiger partial charge in [-0.25, -0.2) is 4.79 Å². The Bertz CT molecular complexity index is 725. The Labute approximate surface area is 128 Å². The number of hydrogen-bond acceptors (Lipinski definition) is 2. The van der Waals surface area contributed by atoms with Gasteiger partial charge in [-0.2, -0.15) is 0 Å². The van der Waals surface area contributed by atoms with Crippen LogP contribution in [0.15, 0.2) is 35.1 Å². The fourth-order valence-electron chi connectivity index (χ4n) is 5.57. The number of rotatable bonds is 2. The van der Waals surface area contributed by atoms with Crippen molar-refractivity contribution < 1.29 is 4.80 Å². The van der Waals surface area contributed by atoms with Gasteiger partial charge in [-0.05, 0) is 73.1 Å². The summed E-state index contributed by atoms with van der Waals surface area (Å²) >= 11 is 0. The number of aromatic amines is 1. The number of benzene rings is 1. The molecular weight excluding hydrogens is 276 g/mol. The highest BCUT2D eigenvalue weighted by Crippen LogP contribution is 2.56. The molecule has 4 aliphatic carbocycles. The molecule has 0 spiro atoms. The van der Waals surface area contributed by atoms with Crippen molar-refractivity contribution in [2.75, 3.05) is 0 Å². The van der Waals surface area contributed by atoms with Crippen LogP contribution < -0.4 is 10.5 Å². The summed E-state index contributed by atoms with van der Waals surface area (Å²) < 4.78 is 1.50. The van der Waals surface area contributed by atoms with Crippen LogP contribution in [0.5, 0.6) is 0 Å². The van der Waals surface area contributed by atoms with Gasteiger partial charge in [0.2, 0.25) is 0 Å². The SMILES string of the molecule is O=c1[nH][n+](C23CC4CC(CC(C4)C2)C3)nn1-c1ccccc1. The number of hydrogen-bond donors (Lipinski definition) is 1. The average molecular weight is 297 g/mol.